The second kappa shape index (κ2) is 8.01. The first-order valence-corrected chi connectivity index (χ1v) is 12.9. The summed E-state index contributed by atoms with van der Waals surface area (Å²) >= 11 is 1.18. The predicted molar refractivity (Wildman–Crippen MR) is 112 cm³/mol. The molecule has 162 valence electrons. The summed E-state index contributed by atoms with van der Waals surface area (Å²) in [5.41, 5.74) is 2.21. The number of fused-ring (bicyclic) bond motifs is 1. The molecule has 0 spiro atoms. The molecule has 0 saturated heterocycles. The van der Waals surface area contributed by atoms with Crippen LogP contribution in [0.3, 0.4) is 0 Å². The Labute approximate surface area is 180 Å². The lowest BCUT2D eigenvalue weighted by Crippen LogP contribution is -2.30. The Morgan fingerprint density at radius 1 is 1.13 bits per heavy atom. The first-order chi connectivity index (χ1) is 14.6. The van der Waals surface area contributed by atoms with E-state index < -0.39 is 25.3 Å². The van der Waals surface area contributed by atoms with Crippen LogP contribution in [0.5, 0.6) is 0 Å². The summed E-state index contributed by atoms with van der Waals surface area (Å²) in [5.74, 6) is -0.352. The van der Waals surface area contributed by atoms with Crippen molar-refractivity contribution in [3.05, 3.63) is 53.7 Å². The van der Waals surface area contributed by atoms with Crippen LogP contribution in [0.4, 0.5) is 0 Å². The number of rotatable bonds is 7. The molecular weight excluding hydrogens is 466 g/mol. The van der Waals surface area contributed by atoms with Crippen LogP contribution in [0.1, 0.15) is 22.0 Å². The van der Waals surface area contributed by atoms with Gasteiger partial charge in [0, 0.05) is 24.2 Å². The van der Waals surface area contributed by atoms with Gasteiger partial charge in [-0.1, -0.05) is 6.07 Å². The van der Waals surface area contributed by atoms with E-state index in [1.807, 2.05) is 22.9 Å². The number of nitrogens with two attached hydrogens (primary N) is 1. The van der Waals surface area contributed by atoms with Crippen LogP contribution in [0.2, 0.25) is 0 Å². The molecule has 12 nitrogen and oxygen atoms in total. The third kappa shape index (κ3) is 4.91. The Morgan fingerprint density at radius 2 is 1.87 bits per heavy atom. The molecule has 1 unspecified atom stereocenters. The van der Waals surface area contributed by atoms with Gasteiger partial charge in [0.15, 0.2) is 15.1 Å². The van der Waals surface area contributed by atoms with Gasteiger partial charge in [0.25, 0.3) is 10.2 Å². The fourth-order valence-electron chi connectivity index (χ4n) is 2.76. The normalized spacial score (nSPS) is 13.5. The van der Waals surface area contributed by atoms with Crippen LogP contribution in [-0.4, -0.2) is 48.2 Å². The van der Waals surface area contributed by atoms with Gasteiger partial charge in [0.1, 0.15) is 11.3 Å². The summed E-state index contributed by atoms with van der Waals surface area (Å²) in [7, 11) is -7.72. The maximum absolute atomic E-state index is 12.5. The summed E-state index contributed by atoms with van der Waals surface area (Å²) in [5, 5.41) is 11.3. The lowest BCUT2D eigenvalue weighted by atomic mass is 10.1. The molecule has 15 heteroatoms. The average molecular weight is 482 g/mol. The van der Waals surface area contributed by atoms with Crippen molar-refractivity contribution >= 4 is 41.6 Å². The topological polar surface area (TPSA) is 184 Å². The molecule has 1 atom stereocenters. The highest BCUT2D eigenvalue weighted by atomic mass is 32.2. The maximum Gasteiger partial charge on any atom is 0.274 e. The predicted octanol–water partition coefficient (Wildman–Crippen LogP) is 0.563. The molecular formula is C16H15N7O5S3. The van der Waals surface area contributed by atoms with E-state index >= 15 is 0 Å². The first-order valence-electron chi connectivity index (χ1n) is 8.54. The lowest BCUT2D eigenvalue weighted by Gasteiger charge is -2.07. The molecule has 0 fully saturated rings. The molecule has 0 aliphatic carbocycles. The van der Waals surface area contributed by atoms with E-state index in [0.717, 1.165) is 22.1 Å². The minimum atomic E-state index is -3.97. The Kier molecular flexibility index (Phi) is 5.52. The van der Waals surface area contributed by atoms with E-state index in [4.69, 9.17) is 9.56 Å². The van der Waals surface area contributed by atoms with Gasteiger partial charge in [-0.3, -0.25) is 0 Å². The second-order valence-electron chi connectivity index (χ2n) is 6.47. The SMILES string of the molecule is CS(=O)(=O)C(c1nnc(CNS(N)(=O)=O)o1)c1nc2cc(-c3cncnc3)ccc2s1. The van der Waals surface area contributed by atoms with E-state index in [1.54, 1.807) is 12.4 Å². The van der Waals surface area contributed by atoms with Crippen LogP contribution in [0.25, 0.3) is 21.3 Å². The van der Waals surface area contributed by atoms with Crippen LogP contribution in [-0.2, 0) is 26.6 Å². The van der Waals surface area contributed by atoms with Gasteiger partial charge in [0.05, 0.1) is 16.8 Å². The van der Waals surface area contributed by atoms with Crippen molar-refractivity contribution < 1.29 is 21.3 Å². The van der Waals surface area contributed by atoms with Gasteiger partial charge < -0.3 is 4.42 Å². The molecule has 0 radical (unpaired) electrons. The van der Waals surface area contributed by atoms with Crippen molar-refractivity contribution in [2.24, 2.45) is 5.14 Å². The molecule has 0 aliphatic heterocycles. The highest BCUT2D eigenvalue weighted by Crippen LogP contribution is 2.36. The molecule has 3 N–H and O–H groups in total. The van der Waals surface area contributed by atoms with Gasteiger partial charge in [-0.15, -0.1) is 21.5 Å². The second-order valence-corrected chi connectivity index (χ2v) is 11.0. The number of aromatic nitrogens is 5. The number of nitrogens with one attached hydrogen (secondary N) is 1. The fraction of sp³-hybridized carbons (Fsp3) is 0.188. The van der Waals surface area contributed by atoms with Crippen molar-refractivity contribution in [1.82, 2.24) is 29.9 Å². The molecule has 0 saturated carbocycles. The zero-order valence-electron chi connectivity index (χ0n) is 15.8. The monoisotopic (exact) mass is 481 g/mol. The van der Waals surface area contributed by atoms with E-state index in [9.17, 15) is 16.8 Å². The summed E-state index contributed by atoms with van der Waals surface area (Å²) in [6.45, 7) is -0.370. The Hall–Kier alpha value is -2.85. The Balaban J connectivity index is 1.71. The molecule has 3 heterocycles. The number of nitrogens with zero attached hydrogens (tertiary/aromatic N) is 5. The number of hydrogen-bond acceptors (Lipinski definition) is 11. The molecule has 4 rings (SSSR count). The number of sulfone groups is 1. The summed E-state index contributed by atoms with van der Waals surface area (Å²) < 4.78 is 55.2. The van der Waals surface area contributed by atoms with Gasteiger partial charge in [-0.2, -0.15) is 13.1 Å². The summed E-state index contributed by atoms with van der Waals surface area (Å²) in [6, 6.07) is 5.50. The Morgan fingerprint density at radius 3 is 2.55 bits per heavy atom. The third-order valence-corrected chi connectivity index (χ3v) is 7.16. The summed E-state index contributed by atoms with van der Waals surface area (Å²) in [4.78, 5) is 12.5. The maximum atomic E-state index is 12.5. The molecule has 4 aromatic rings. The molecule has 0 aliphatic rings. The van der Waals surface area contributed by atoms with Crippen LogP contribution in [0.15, 0.2) is 41.3 Å². The molecule has 31 heavy (non-hydrogen) atoms. The van der Waals surface area contributed by atoms with Crippen LogP contribution >= 0.6 is 11.3 Å². The standard InChI is InChI=1S/C16H15N7O5S3/c1-30(24,25)14(15-23-22-13(28-15)7-20-31(17,26)27)16-21-11-4-9(2-3-12(11)29-16)10-5-18-8-19-6-10/h2-6,8,14,20H,7H2,1H3,(H2,17,26,27). The first kappa shape index (κ1) is 21.4. The van der Waals surface area contributed by atoms with Gasteiger partial charge >= 0.3 is 0 Å². The van der Waals surface area contributed by atoms with Crippen molar-refractivity contribution in [1.29, 1.82) is 0 Å². The molecule has 3 aromatic heterocycles. The smallest absolute Gasteiger partial charge is 0.274 e. The van der Waals surface area contributed by atoms with Crippen molar-refractivity contribution in [2.75, 3.05) is 6.26 Å². The van der Waals surface area contributed by atoms with Gasteiger partial charge in [-0.05, 0) is 17.7 Å². The lowest BCUT2D eigenvalue weighted by molar-refractivity contribution is 0.444. The number of thiazole rings is 1. The van der Waals surface area contributed by atoms with Crippen molar-refractivity contribution in [2.45, 2.75) is 11.8 Å². The Bertz CT molecular complexity index is 1450. The minimum absolute atomic E-state index is 0.134. The number of hydrogen-bond donors (Lipinski definition) is 2. The number of benzene rings is 1. The summed E-state index contributed by atoms with van der Waals surface area (Å²) in [6.07, 6.45) is 5.78. The van der Waals surface area contributed by atoms with Crippen LogP contribution < -0.4 is 9.86 Å². The largest absolute Gasteiger partial charge is 0.422 e. The molecule has 0 amide bonds. The van der Waals surface area contributed by atoms with E-state index in [-0.39, 0.29) is 23.3 Å². The highest BCUT2D eigenvalue weighted by molar-refractivity contribution is 7.91. The van der Waals surface area contributed by atoms with E-state index in [2.05, 4.69) is 25.1 Å². The van der Waals surface area contributed by atoms with Gasteiger partial charge in [0.2, 0.25) is 11.8 Å². The van der Waals surface area contributed by atoms with Crippen LogP contribution in [0, 0.1) is 0 Å². The highest BCUT2D eigenvalue weighted by Gasteiger charge is 2.34. The van der Waals surface area contributed by atoms with Crippen molar-refractivity contribution in [3.8, 4) is 11.1 Å². The zero-order valence-corrected chi connectivity index (χ0v) is 18.3. The fourth-order valence-corrected chi connectivity index (χ4v) is 5.56. The van der Waals surface area contributed by atoms with E-state index in [1.165, 1.54) is 17.7 Å². The van der Waals surface area contributed by atoms with E-state index in [0.29, 0.717) is 5.52 Å². The third-order valence-electron chi connectivity index (χ3n) is 4.08. The zero-order chi connectivity index (χ0) is 22.2. The van der Waals surface area contributed by atoms with Gasteiger partial charge in [-0.25, -0.2) is 28.5 Å². The van der Waals surface area contributed by atoms with Crippen molar-refractivity contribution in [3.63, 3.8) is 0 Å². The molecule has 1 aromatic carbocycles. The average Bonchev–Trinajstić information content (AvgIpc) is 3.32. The minimum Gasteiger partial charge on any atom is -0.422 e. The quantitative estimate of drug-likeness (QED) is 0.378. The molecule has 0 bridgehead atoms.